The molecule has 0 aromatic rings. The van der Waals surface area contributed by atoms with Crippen LogP contribution >= 0.6 is 0 Å². The zero-order chi connectivity index (χ0) is 16.7. The molecule has 0 aliphatic rings. The van der Waals surface area contributed by atoms with E-state index in [1.807, 2.05) is 0 Å². The highest BCUT2D eigenvalue weighted by molar-refractivity contribution is 5.94. The fraction of sp³-hybridized carbons (Fsp3) is 0.800. The van der Waals surface area contributed by atoms with Gasteiger partial charge in [0.2, 0.25) is 0 Å². The maximum atomic E-state index is 10.6. The van der Waals surface area contributed by atoms with Crippen molar-refractivity contribution in [3.8, 4) is 0 Å². The predicted octanol–water partition coefficient (Wildman–Crippen LogP) is 3.10. The van der Waals surface area contributed by atoms with Gasteiger partial charge < -0.3 is 14.7 Å². The smallest absolute Gasteiger partial charge is 0.407 e. The van der Waals surface area contributed by atoms with Gasteiger partial charge in [0.15, 0.2) is 0 Å². The molecule has 0 aliphatic heterocycles. The molecule has 0 atom stereocenters. The molecule has 21 heavy (non-hydrogen) atoms. The standard InChI is InChI=1S/C9H19NO2.C6H10O3/c1-3-5-7-10(9(11)12)8-6-4-2;1-3-9-6(8)4-5(2)7/h3-8H2,1-2H3,(H,11,12);3-4H2,1-2H3. The summed E-state index contributed by atoms with van der Waals surface area (Å²) >= 11 is 0. The van der Waals surface area contributed by atoms with E-state index in [2.05, 4.69) is 18.6 Å². The number of hydrogen-bond donors (Lipinski definition) is 1. The highest BCUT2D eigenvalue weighted by atomic mass is 16.5. The van der Waals surface area contributed by atoms with E-state index >= 15 is 0 Å². The van der Waals surface area contributed by atoms with E-state index in [4.69, 9.17) is 5.11 Å². The zero-order valence-electron chi connectivity index (χ0n) is 13.7. The Balaban J connectivity index is 0. The summed E-state index contributed by atoms with van der Waals surface area (Å²) in [5, 5.41) is 8.75. The molecular formula is C15H29NO5. The summed E-state index contributed by atoms with van der Waals surface area (Å²) < 4.78 is 4.49. The van der Waals surface area contributed by atoms with Crippen LogP contribution < -0.4 is 0 Å². The van der Waals surface area contributed by atoms with Crippen LogP contribution in [0.2, 0.25) is 0 Å². The third-order valence-corrected chi connectivity index (χ3v) is 2.53. The van der Waals surface area contributed by atoms with Gasteiger partial charge in [0.1, 0.15) is 12.2 Å². The van der Waals surface area contributed by atoms with E-state index < -0.39 is 12.1 Å². The number of nitrogens with zero attached hydrogens (tertiary/aromatic N) is 1. The maximum Gasteiger partial charge on any atom is 0.407 e. The summed E-state index contributed by atoms with van der Waals surface area (Å²) in [6, 6.07) is 0. The van der Waals surface area contributed by atoms with Crippen LogP contribution in [0.3, 0.4) is 0 Å². The molecule has 6 heteroatoms. The molecule has 0 spiro atoms. The first kappa shape index (κ1) is 21.7. The van der Waals surface area contributed by atoms with Gasteiger partial charge in [-0.2, -0.15) is 0 Å². The quantitative estimate of drug-likeness (QED) is 0.522. The largest absolute Gasteiger partial charge is 0.466 e. The van der Waals surface area contributed by atoms with Crippen LogP contribution in [0.5, 0.6) is 0 Å². The number of ether oxygens (including phenoxy) is 1. The lowest BCUT2D eigenvalue weighted by Crippen LogP contribution is -2.31. The highest BCUT2D eigenvalue weighted by Gasteiger charge is 2.08. The number of unbranched alkanes of at least 4 members (excludes halogenated alkanes) is 2. The number of Topliss-reactive ketones (excluding diaryl/α,β-unsaturated/α-hetero) is 1. The summed E-state index contributed by atoms with van der Waals surface area (Å²) in [7, 11) is 0. The molecular weight excluding hydrogens is 274 g/mol. The SMILES string of the molecule is CCCCN(CCCC)C(=O)O.CCOC(=O)CC(C)=O. The van der Waals surface area contributed by atoms with Gasteiger partial charge in [-0.1, -0.05) is 26.7 Å². The van der Waals surface area contributed by atoms with Gasteiger partial charge in [-0.3, -0.25) is 9.59 Å². The summed E-state index contributed by atoms with van der Waals surface area (Å²) in [4.78, 5) is 32.8. The Bertz CT molecular complexity index is 296. The highest BCUT2D eigenvalue weighted by Crippen LogP contribution is 1.99. The second-order valence-electron chi connectivity index (χ2n) is 4.66. The van der Waals surface area contributed by atoms with Gasteiger partial charge in [0.25, 0.3) is 0 Å². The third kappa shape index (κ3) is 16.4. The minimum atomic E-state index is -0.781. The van der Waals surface area contributed by atoms with Crippen LogP contribution in [0.15, 0.2) is 0 Å². The molecule has 1 N–H and O–H groups in total. The number of carbonyl (C=O) groups excluding carboxylic acids is 2. The first-order chi connectivity index (χ1) is 9.88. The second kappa shape index (κ2) is 14.8. The fourth-order valence-corrected chi connectivity index (χ4v) is 1.42. The molecule has 0 aromatic carbocycles. The average Bonchev–Trinajstić information content (AvgIpc) is 2.38. The monoisotopic (exact) mass is 303 g/mol. The van der Waals surface area contributed by atoms with Crippen molar-refractivity contribution in [2.75, 3.05) is 19.7 Å². The lowest BCUT2D eigenvalue weighted by atomic mass is 10.3. The minimum absolute atomic E-state index is 0.103. The van der Waals surface area contributed by atoms with E-state index in [0.717, 1.165) is 25.7 Å². The molecule has 0 aliphatic carbocycles. The van der Waals surface area contributed by atoms with E-state index in [0.29, 0.717) is 19.7 Å². The normalized spacial score (nSPS) is 9.33. The van der Waals surface area contributed by atoms with Crippen LogP contribution in [0.1, 0.15) is 59.8 Å². The Morgan fingerprint density at radius 3 is 1.76 bits per heavy atom. The number of hydrogen-bond acceptors (Lipinski definition) is 4. The van der Waals surface area contributed by atoms with Crippen LogP contribution in [0.25, 0.3) is 0 Å². The molecule has 0 unspecified atom stereocenters. The van der Waals surface area contributed by atoms with Crippen LogP contribution in [0, 0.1) is 0 Å². The van der Waals surface area contributed by atoms with Crippen LogP contribution in [-0.2, 0) is 14.3 Å². The van der Waals surface area contributed by atoms with E-state index in [-0.39, 0.29) is 12.2 Å². The Hall–Kier alpha value is -1.59. The summed E-state index contributed by atoms with van der Waals surface area (Å²) in [5.41, 5.74) is 0. The van der Waals surface area contributed by atoms with Gasteiger partial charge in [-0.05, 0) is 26.7 Å². The molecule has 0 saturated heterocycles. The van der Waals surface area contributed by atoms with Crippen molar-refractivity contribution in [3.05, 3.63) is 0 Å². The lowest BCUT2D eigenvalue weighted by molar-refractivity contribution is -0.145. The van der Waals surface area contributed by atoms with Crippen molar-refractivity contribution in [1.29, 1.82) is 0 Å². The Morgan fingerprint density at radius 1 is 1.00 bits per heavy atom. The van der Waals surface area contributed by atoms with Gasteiger partial charge in [-0.25, -0.2) is 4.79 Å². The number of rotatable bonds is 9. The van der Waals surface area contributed by atoms with Crippen LogP contribution in [-0.4, -0.2) is 47.5 Å². The number of carbonyl (C=O) groups is 3. The van der Waals surface area contributed by atoms with Gasteiger partial charge >= 0.3 is 12.1 Å². The van der Waals surface area contributed by atoms with Crippen molar-refractivity contribution >= 4 is 17.8 Å². The number of carboxylic acid groups (broad SMARTS) is 1. The lowest BCUT2D eigenvalue weighted by Gasteiger charge is -2.17. The van der Waals surface area contributed by atoms with Gasteiger partial charge in [0.05, 0.1) is 6.61 Å². The number of esters is 1. The first-order valence-electron chi connectivity index (χ1n) is 7.51. The maximum absolute atomic E-state index is 10.6. The van der Waals surface area contributed by atoms with Crippen molar-refractivity contribution in [1.82, 2.24) is 4.90 Å². The number of ketones is 1. The van der Waals surface area contributed by atoms with Gasteiger partial charge in [0, 0.05) is 13.1 Å². The molecule has 0 rings (SSSR count). The molecule has 0 heterocycles. The molecule has 0 saturated carbocycles. The van der Waals surface area contributed by atoms with Crippen molar-refractivity contribution in [2.45, 2.75) is 59.8 Å². The topological polar surface area (TPSA) is 83.9 Å². The van der Waals surface area contributed by atoms with Crippen molar-refractivity contribution in [3.63, 3.8) is 0 Å². The molecule has 0 fully saturated rings. The average molecular weight is 303 g/mol. The Kier molecular flexibility index (Phi) is 15.3. The number of amides is 1. The second-order valence-corrected chi connectivity index (χ2v) is 4.66. The van der Waals surface area contributed by atoms with Gasteiger partial charge in [-0.15, -0.1) is 0 Å². The summed E-state index contributed by atoms with van der Waals surface area (Å²) in [6.45, 7) is 8.92. The third-order valence-electron chi connectivity index (χ3n) is 2.53. The Morgan fingerprint density at radius 2 is 1.48 bits per heavy atom. The minimum Gasteiger partial charge on any atom is -0.466 e. The zero-order valence-corrected chi connectivity index (χ0v) is 13.7. The van der Waals surface area contributed by atoms with E-state index in [1.165, 1.54) is 11.8 Å². The van der Waals surface area contributed by atoms with E-state index in [9.17, 15) is 14.4 Å². The molecule has 0 bridgehead atoms. The van der Waals surface area contributed by atoms with Crippen molar-refractivity contribution in [2.24, 2.45) is 0 Å². The van der Waals surface area contributed by atoms with Crippen molar-refractivity contribution < 1.29 is 24.2 Å². The predicted molar refractivity (Wildman–Crippen MR) is 81.3 cm³/mol. The molecule has 124 valence electrons. The van der Waals surface area contributed by atoms with E-state index in [1.54, 1.807) is 6.92 Å². The first-order valence-corrected chi connectivity index (χ1v) is 7.51. The fourth-order valence-electron chi connectivity index (χ4n) is 1.42. The molecule has 6 nitrogen and oxygen atoms in total. The molecule has 1 amide bonds. The molecule has 0 radical (unpaired) electrons. The summed E-state index contributed by atoms with van der Waals surface area (Å²) in [5.74, 6) is -0.599. The Labute approximate surface area is 127 Å². The molecule has 0 aromatic heterocycles. The van der Waals surface area contributed by atoms with Crippen LogP contribution in [0.4, 0.5) is 4.79 Å². The summed E-state index contributed by atoms with van der Waals surface area (Å²) in [6.07, 6.45) is 3.16.